The monoisotopic (exact) mass is 641 g/mol. The lowest BCUT2D eigenvalue weighted by atomic mass is 9.75. The number of carboxylic acids is 1. The van der Waals surface area contributed by atoms with E-state index in [9.17, 15) is 24.3 Å². The number of nitrogens with one attached hydrogen (secondary N) is 1. The topological polar surface area (TPSA) is 128 Å². The van der Waals surface area contributed by atoms with Gasteiger partial charge in [0.05, 0.1) is 12.0 Å². The van der Waals surface area contributed by atoms with Crippen LogP contribution >= 0.6 is 31.9 Å². The molecule has 0 saturated carbocycles. The molecule has 0 radical (unpaired) electrons. The Kier molecular flexibility index (Phi) is 5.89. The average Bonchev–Trinajstić information content (AvgIpc) is 3.57. The quantitative estimate of drug-likeness (QED) is 0.389. The minimum Gasteiger partial charge on any atom is -0.481 e. The highest BCUT2D eigenvalue weighted by Gasteiger charge is 2.71. The number of carbonyl (C=O) groups excluding carboxylic acids is 3. The van der Waals surface area contributed by atoms with Gasteiger partial charge in [-0.1, -0.05) is 30.3 Å². The van der Waals surface area contributed by atoms with Gasteiger partial charge in [-0.25, -0.2) is 0 Å². The highest BCUT2D eigenvalue weighted by atomic mass is 79.9. The highest BCUT2D eigenvalue weighted by molar-refractivity contribution is 9.13. The van der Waals surface area contributed by atoms with E-state index in [0.29, 0.717) is 31.7 Å². The number of hydrogen-bond donors (Lipinski definition) is 2. The van der Waals surface area contributed by atoms with E-state index < -0.39 is 47.0 Å². The number of benzene rings is 3. The molecule has 1 spiro atoms. The maximum atomic E-state index is 13.8. The first-order valence-corrected chi connectivity index (χ1v) is 13.1. The summed E-state index contributed by atoms with van der Waals surface area (Å²) in [5.74, 6) is -6.08. The molecule has 1 amide bonds. The number of rotatable bonds is 4. The van der Waals surface area contributed by atoms with E-state index in [-0.39, 0.29) is 17.9 Å². The predicted octanol–water partition coefficient (Wildman–Crippen LogP) is 4.79. The number of carbonyl (C=O) groups is 4. The standard InChI is InChI=1S/C27H17Br2NO8/c28-16-7-5-12(9-17(16)29)22-20(25(33)30-13-6-8-18-19(10-13)37-11-36-18)21(26(34)35)27(38-22)23(31)14-3-1-2-4-15(14)24(27)32/h1-10,20-22H,11H2,(H,30,33)(H,34,35). The maximum absolute atomic E-state index is 13.8. The molecule has 192 valence electrons. The smallest absolute Gasteiger partial charge is 0.311 e. The van der Waals surface area contributed by atoms with Gasteiger partial charge in [-0.15, -0.1) is 0 Å². The lowest BCUT2D eigenvalue weighted by Gasteiger charge is -2.25. The maximum Gasteiger partial charge on any atom is 0.311 e. The largest absolute Gasteiger partial charge is 0.481 e. The first-order valence-electron chi connectivity index (χ1n) is 11.5. The summed E-state index contributed by atoms with van der Waals surface area (Å²) < 4.78 is 18.2. The Hall–Kier alpha value is -3.54. The molecule has 9 nitrogen and oxygen atoms in total. The van der Waals surface area contributed by atoms with E-state index in [0.717, 1.165) is 0 Å². The normalized spacial score (nSPS) is 22.5. The van der Waals surface area contributed by atoms with E-state index in [1.54, 1.807) is 48.5 Å². The number of carboxylic acid groups (broad SMARTS) is 1. The summed E-state index contributed by atoms with van der Waals surface area (Å²) >= 11 is 6.81. The van der Waals surface area contributed by atoms with Gasteiger partial charge in [0.1, 0.15) is 5.92 Å². The Balaban J connectivity index is 1.47. The summed E-state index contributed by atoms with van der Waals surface area (Å²) in [6.07, 6.45) is -1.23. The third-order valence-electron chi connectivity index (χ3n) is 7.01. The van der Waals surface area contributed by atoms with Crippen molar-refractivity contribution in [2.45, 2.75) is 11.7 Å². The molecule has 2 N–H and O–H groups in total. The number of ether oxygens (including phenoxy) is 3. The number of amides is 1. The van der Waals surface area contributed by atoms with E-state index >= 15 is 0 Å². The van der Waals surface area contributed by atoms with Crippen molar-refractivity contribution >= 4 is 61.0 Å². The summed E-state index contributed by atoms with van der Waals surface area (Å²) in [6, 6.07) is 15.8. The minimum atomic E-state index is -2.39. The SMILES string of the molecule is O=C(Nc1ccc2c(c1)OCO2)C1C(c2ccc(Br)c(Br)c2)OC2(C(=O)c3ccccc3C2=O)C1C(=O)O. The fourth-order valence-electron chi connectivity index (χ4n) is 5.33. The molecule has 1 aliphatic carbocycles. The molecule has 2 heterocycles. The second-order valence-electron chi connectivity index (χ2n) is 9.05. The fourth-order valence-corrected chi connectivity index (χ4v) is 5.97. The van der Waals surface area contributed by atoms with Crippen molar-refractivity contribution < 1.29 is 38.5 Å². The van der Waals surface area contributed by atoms with Gasteiger partial charge in [-0.2, -0.15) is 0 Å². The lowest BCUT2D eigenvalue weighted by Crippen LogP contribution is -2.52. The summed E-state index contributed by atoms with van der Waals surface area (Å²) in [5.41, 5.74) is -1.51. The van der Waals surface area contributed by atoms with Gasteiger partial charge in [-0.05, 0) is 61.7 Å². The van der Waals surface area contributed by atoms with Gasteiger partial charge < -0.3 is 24.6 Å². The third-order valence-corrected chi connectivity index (χ3v) is 8.89. The van der Waals surface area contributed by atoms with Crippen LogP contribution in [0.3, 0.4) is 0 Å². The van der Waals surface area contributed by atoms with Crippen molar-refractivity contribution in [3.8, 4) is 11.5 Å². The Morgan fingerprint density at radius 3 is 2.24 bits per heavy atom. The molecule has 3 unspecified atom stereocenters. The van der Waals surface area contributed by atoms with E-state index in [4.69, 9.17) is 14.2 Å². The van der Waals surface area contributed by atoms with Crippen LogP contribution in [-0.4, -0.2) is 40.9 Å². The Morgan fingerprint density at radius 2 is 1.58 bits per heavy atom. The molecule has 38 heavy (non-hydrogen) atoms. The van der Waals surface area contributed by atoms with Gasteiger partial charge in [0, 0.05) is 31.8 Å². The highest BCUT2D eigenvalue weighted by Crippen LogP contribution is 2.54. The van der Waals surface area contributed by atoms with Gasteiger partial charge in [0.15, 0.2) is 11.5 Å². The van der Waals surface area contributed by atoms with Crippen LogP contribution in [0.1, 0.15) is 32.4 Å². The van der Waals surface area contributed by atoms with Crippen molar-refractivity contribution in [1.29, 1.82) is 0 Å². The summed E-state index contributed by atoms with van der Waals surface area (Å²) in [7, 11) is 0. The van der Waals surface area contributed by atoms with Crippen molar-refractivity contribution in [3.05, 3.63) is 86.3 Å². The molecule has 0 aromatic heterocycles. The van der Waals surface area contributed by atoms with Gasteiger partial charge in [-0.3, -0.25) is 19.2 Å². The molecule has 11 heteroatoms. The van der Waals surface area contributed by atoms with Gasteiger partial charge in [0.2, 0.25) is 29.9 Å². The van der Waals surface area contributed by atoms with Crippen LogP contribution in [0.25, 0.3) is 0 Å². The molecule has 3 aromatic rings. The first-order chi connectivity index (χ1) is 18.2. The fraction of sp³-hybridized carbons (Fsp3) is 0.185. The van der Waals surface area contributed by atoms with Crippen LogP contribution in [-0.2, 0) is 14.3 Å². The number of anilines is 1. The van der Waals surface area contributed by atoms with E-state index in [1.165, 1.54) is 12.1 Å². The van der Waals surface area contributed by atoms with Crippen LogP contribution in [0.15, 0.2) is 69.6 Å². The summed E-state index contributed by atoms with van der Waals surface area (Å²) in [6.45, 7) is 0.0398. The molecule has 2 aliphatic heterocycles. The first kappa shape index (κ1) is 24.8. The second-order valence-corrected chi connectivity index (χ2v) is 10.8. The molecule has 3 atom stereocenters. The average molecular weight is 643 g/mol. The van der Waals surface area contributed by atoms with Gasteiger partial charge >= 0.3 is 5.97 Å². The third kappa shape index (κ3) is 3.60. The number of Topliss-reactive ketones (excluding diaryl/α,β-unsaturated/α-hetero) is 2. The summed E-state index contributed by atoms with van der Waals surface area (Å²) in [4.78, 5) is 54.0. The Labute approximate surface area is 232 Å². The second kappa shape index (κ2) is 9.04. The zero-order valence-electron chi connectivity index (χ0n) is 19.3. The molecule has 6 rings (SSSR count). The summed E-state index contributed by atoms with van der Waals surface area (Å²) in [5, 5.41) is 13.1. The molecule has 1 fully saturated rings. The van der Waals surface area contributed by atoms with Crippen LogP contribution in [0.5, 0.6) is 11.5 Å². The van der Waals surface area contributed by atoms with Crippen molar-refractivity contribution in [1.82, 2.24) is 0 Å². The number of aliphatic carboxylic acids is 1. The zero-order valence-corrected chi connectivity index (χ0v) is 22.4. The molecular weight excluding hydrogens is 626 g/mol. The number of halogens is 2. The minimum absolute atomic E-state index is 0.0398. The van der Waals surface area contributed by atoms with Crippen LogP contribution in [0.2, 0.25) is 0 Å². The molecule has 3 aromatic carbocycles. The van der Waals surface area contributed by atoms with E-state index in [1.807, 2.05) is 0 Å². The van der Waals surface area contributed by atoms with Crippen molar-refractivity contribution in [3.63, 3.8) is 0 Å². The molecule has 0 bridgehead atoms. The molecule has 3 aliphatic rings. The molecular formula is C27H17Br2NO8. The van der Waals surface area contributed by atoms with E-state index in [2.05, 4.69) is 37.2 Å². The lowest BCUT2D eigenvalue weighted by molar-refractivity contribution is -0.147. The van der Waals surface area contributed by atoms with Gasteiger partial charge in [0.25, 0.3) is 0 Å². The van der Waals surface area contributed by atoms with Crippen LogP contribution in [0.4, 0.5) is 5.69 Å². The van der Waals surface area contributed by atoms with Crippen molar-refractivity contribution in [2.75, 3.05) is 12.1 Å². The van der Waals surface area contributed by atoms with Crippen LogP contribution < -0.4 is 14.8 Å². The zero-order chi connectivity index (χ0) is 26.8. The Bertz CT molecular complexity index is 1520. The number of ketones is 2. The molecule has 1 saturated heterocycles. The number of hydrogen-bond acceptors (Lipinski definition) is 7. The Morgan fingerprint density at radius 1 is 0.895 bits per heavy atom. The predicted molar refractivity (Wildman–Crippen MR) is 139 cm³/mol. The van der Waals surface area contributed by atoms with Crippen molar-refractivity contribution in [2.24, 2.45) is 11.8 Å². The number of fused-ring (bicyclic) bond motifs is 2. The van der Waals surface area contributed by atoms with Crippen LogP contribution in [0, 0.1) is 11.8 Å².